The standard InChI is InChI=1S/C21H32N6O3.C3H8O2/c1-21(2,3)30-20(28)25-14-5-4-9-26(11-14)12-15-6-7-17(29-15)27-10-8-16-18(22)23-13-24-19(16)27;1-3(2,4)5/h8,10,13-15,17H,4-7,9,11-12H2,1-3H3,(H,25,28)(H2,22,23,24);4-5H,1-2H3. The first-order valence-corrected chi connectivity index (χ1v) is 12.2. The highest BCUT2D eigenvalue weighted by molar-refractivity contribution is 5.86. The van der Waals surface area contributed by atoms with Gasteiger partial charge in [0.15, 0.2) is 5.79 Å². The lowest BCUT2D eigenvalue weighted by atomic mass is 10.1. The maximum absolute atomic E-state index is 12.1. The number of aliphatic hydroxyl groups is 2. The first-order valence-electron chi connectivity index (χ1n) is 12.2. The van der Waals surface area contributed by atoms with E-state index in [4.69, 9.17) is 25.4 Å². The average Bonchev–Trinajstić information content (AvgIpc) is 3.33. The Bertz CT molecular complexity index is 977. The number of nitrogens with two attached hydrogens (primary N) is 1. The molecule has 2 aliphatic heterocycles. The quantitative estimate of drug-likeness (QED) is 0.472. The lowest BCUT2D eigenvalue weighted by Gasteiger charge is -2.34. The molecule has 0 radical (unpaired) electrons. The molecule has 0 saturated carbocycles. The summed E-state index contributed by atoms with van der Waals surface area (Å²) in [7, 11) is 0. The molecule has 3 unspecified atom stereocenters. The summed E-state index contributed by atoms with van der Waals surface area (Å²) in [6, 6.07) is 2.05. The number of nitrogens with one attached hydrogen (secondary N) is 1. The summed E-state index contributed by atoms with van der Waals surface area (Å²) < 4.78 is 13.8. The van der Waals surface area contributed by atoms with Crippen LogP contribution in [0.25, 0.3) is 11.0 Å². The van der Waals surface area contributed by atoms with Gasteiger partial charge in [0.05, 0.1) is 11.5 Å². The molecule has 0 bridgehead atoms. The predicted molar refractivity (Wildman–Crippen MR) is 132 cm³/mol. The van der Waals surface area contributed by atoms with Gasteiger partial charge < -0.3 is 35.3 Å². The third kappa shape index (κ3) is 8.60. The highest BCUT2D eigenvalue weighted by atomic mass is 16.6. The molecule has 0 spiro atoms. The van der Waals surface area contributed by atoms with E-state index in [1.54, 1.807) is 0 Å². The van der Waals surface area contributed by atoms with Gasteiger partial charge in [0.2, 0.25) is 0 Å². The third-order valence-corrected chi connectivity index (χ3v) is 5.62. The number of piperidine rings is 1. The normalized spacial score (nSPS) is 23.6. The number of aromatic nitrogens is 3. The second-order valence-electron chi connectivity index (χ2n) is 10.7. The molecule has 35 heavy (non-hydrogen) atoms. The van der Waals surface area contributed by atoms with Crippen LogP contribution >= 0.6 is 0 Å². The number of carbonyl (C=O) groups excluding carboxylic acids is 1. The van der Waals surface area contributed by atoms with E-state index in [1.165, 1.54) is 20.2 Å². The molecular formula is C24H40N6O5. The maximum Gasteiger partial charge on any atom is 0.407 e. The van der Waals surface area contributed by atoms with Gasteiger partial charge in [-0.1, -0.05) is 0 Å². The summed E-state index contributed by atoms with van der Waals surface area (Å²) in [4.78, 5) is 22.9. The Morgan fingerprint density at radius 3 is 2.63 bits per heavy atom. The molecule has 0 aromatic carbocycles. The molecule has 196 valence electrons. The van der Waals surface area contributed by atoms with Crippen LogP contribution in [0.4, 0.5) is 10.6 Å². The number of nitrogen functional groups attached to an aromatic ring is 1. The van der Waals surface area contributed by atoms with Crippen molar-refractivity contribution in [3.8, 4) is 0 Å². The van der Waals surface area contributed by atoms with Crippen LogP contribution in [0.5, 0.6) is 0 Å². The van der Waals surface area contributed by atoms with Gasteiger partial charge in [0.1, 0.15) is 29.6 Å². The molecule has 5 N–H and O–H groups in total. The minimum atomic E-state index is -1.50. The number of hydrogen-bond donors (Lipinski definition) is 4. The summed E-state index contributed by atoms with van der Waals surface area (Å²) in [6.45, 7) is 10.9. The summed E-state index contributed by atoms with van der Waals surface area (Å²) in [6.07, 6.45) is 7.20. The van der Waals surface area contributed by atoms with Crippen molar-refractivity contribution in [3.05, 3.63) is 18.6 Å². The fourth-order valence-corrected chi connectivity index (χ4v) is 4.35. The molecule has 4 heterocycles. The van der Waals surface area contributed by atoms with E-state index in [1.807, 2.05) is 33.0 Å². The zero-order valence-electron chi connectivity index (χ0n) is 21.4. The van der Waals surface area contributed by atoms with E-state index in [9.17, 15) is 4.79 Å². The Morgan fingerprint density at radius 2 is 1.94 bits per heavy atom. The van der Waals surface area contributed by atoms with Crippen LogP contribution < -0.4 is 11.1 Å². The Kier molecular flexibility index (Phi) is 8.58. The monoisotopic (exact) mass is 492 g/mol. The first kappa shape index (κ1) is 27.1. The van der Waals surface area contributed by atoms with Crippen LogP contribution in [0, 0.1) is 0 Å². The number of alkyl carbamates (subject to hydrolysis) is 1. The average molecular weight is 493 g/mol. The van der Waals surface area contributed by atoms with Crippen molar-refractivity contribution in [1.82, 2.24) is 24.8 Å². The van der Waals surface area contributed by atoms with Gasteiger partial charge in [-0.05, 0) is 72.9 Å². The van der Waals surface area contributed by atoms with Crippen LogP contribution in [0.3, 0.4) is 0 Å². The van der Waals surface area contributed by atoms with E-state index in [-0.39, 0.29) is 24.5 Å². The summed E-state index contributed by atoms with van der Waals surface area (Å²) in [5.41, 5.74) is 6.28. The minimum absolute atomic E-state index is 0.0396. The number of anilines is 1. The summed E-state index contributed by atoms with van der Waals surface area (Å²) in [5, 5.41) is 20.0. The van der Waals surface area contributed by atoms with Gasteiger partial charge in [0.25, 0.3) is 0 Å². The first-order chi connectivity index (χ1) is 16.3. The molecular weight excluding hydrogens is 452 g/mol. The Balaban J connectivity index is 0.000000623. The number of carbonyl (C=O) groups is 1. The van der Waals surface area contributed by atoms with Crippen molar-refractivity contribution in [2.45, 2.75) is 90.1 Å². The van der Waals surface area contributed by atoms with Crippen LogP contribution in [-0.4, -0.2) is 78.9 Å². The van der Waals surface area contributed by atoms with Crippen molar-refractivity contribution in [1.29, 1.82) is 0 Å². The van der Waals surface area contributed by atoms with Crippen LogP contribution in [0.2, 0.25) is 0 Å². The largest absolute Gasteiger partial charge is 0.444 e. The van der Waals surface area contributed by atoms with Gasteiger partial charge >= 0.3 is 6.09 Å². The van der Waals surface area contributed by atoms with E-state index in [0.29, 0.717) is 5.82 Å². The molecule has 0 aliphatic carbocycles. The minimum Gasteiger partial charge on any atom is -0.444 e. The van der Waals surface area contributed by atoms with Crippen molar-refractivity contribution >= 4 is 22.9 Å². The molecule has 11 nitrogen and oxygen atoms in total. The van der Waals surface area contributed by atoms with Crippen molar-refractivity contribution in [3.63, 3.8) is 0 Å². The van der Waals surface area contributed by atoms with E-state index >= 15 is 0 Å². The highest BCUT2D eigenvalue weighted by Gasteiger charge is 2.31. The molecule has 2 fully saturated rings. The number of rotatable bonds is 4. The molecule has 4 rings (SSSR count). The SMILES string of the molecule is CC(C)(C)OC(=O)NC1CCCN(CC2CCC(n3ccc4c(N)ncnc43)O2)C1.CC(C)(O)O. The van der Waals surface area contributed by atoms with Gasteiger partial charge in [0, 0.05) is 25.3 Å². The number of likely N-dealkylation sites (tertiary alicyclic amines) is 1. The smallest absolute Gasteiger partial charge is 0.407 e. The second kappa shape index (κ2) is 11.1. The zero-order valence-corrected chi connectivity index (χ0v) is 21.4. The fourth-order valence-electron chi connectivity index (χ4n) is 4.35. The van der Waals surface area contributed by atoms with Crippen molar-refractivity contribution in [2.24, 2.45) is 0 Å². The summed E-state index contributed by atoms with van der Waals surface area (Å²) in [5.74, 6) is -1.01. The van der Waals surface area contributed by atoms with Gasteiger partial charge in [-0.3, -0.25) is 4.90 Å². The number of ether oxygens (including phenoxy) is 2. The second-order valence-corrected chi connectivity index (χ2v) is 10.7. The predicted octanol–water partition coefficient (Wildman–Crippen LogP) is 2.39. The highest BCUT2D eigenvalue weighted by Crippen LogP contribution is 2.32. The van der Waals surface area contributed by atoms with Gasteiger partial charge in [-0.25, -0.2) is 14.8 Å². The molecule has 2 aromatic rings. The van der Waals surface area contributed by atoms with Crippen LogP contribution in [0.1, 0.15) is 66.5 Å². The Labute approximate surface area is 206 Å². The number of hydrogen-bond acceptors (Lipinski definition) is 9. The molecule has 3 atom stereocenters. The molecule has 2 aromatic heterocycles. The van der Waals surface area contributed by atoms with Crippen LogP contribution in [-0.2, 0) is 9.47 Å². The van der Waals surface area contributed by atoms with Crippen LogP contribution in [0.15, 0.2) is 18.6 Å². The fraction of sp³-hybridized carbons (Fsp3) is 0.708. The third-order valence-electron chi connectivity index (χ3n) is 5.62. The molecule has 2 saturated heterocycles. The lowest BCUT2D eigenvalue weighted by Crippen LogP contribution is -2.50. The number of nitrogens with zero attached hydrogens (tertiary/aromatic N) is 4. The molecule has 11 heteroatoms. The van der Waals surface area contributed by atoms with Crippen molar-refractivity contribution < 1.29 is 24.5 Å². The molecule has 1 amide bonds. The van der Waals surface area contributed by atoms with E-state index < -0.39 is 11.4 Å². The van der Waals surface area contributed by atoms with E-state index in [0.717, 1.165) is 56.4 Å². The summed E-state index contributed by atoms with van der Waals surface area (Å²) >= 11 is 0. The van der Waals surface area contributed by atoms with E-state index in [2.05, 4.69) is 24.8 Å². The lowest BCUT2D eigenvalue weighted by molar-refractivity contribution is -0.127. The Morgan fingerprint density at radius 1 is 1.23 bits per heavy atom. The number of amides is 1. The molecule has 2 aliphatic rings. The van der Waals surface area contributed by atoms with Crippen molar-refractivity contribution in [2.75, 3.05) is 25.4 Å². The Hall–Kier alpha value is -2.47. The topological polar surface area (TPSA) is 148 Å². The zero-order chi connectivity index (χ0) is 25.8. The number of fused-ring (bicyclic) bond motifs is 1. The van der Waals surface area contributed by atoms with Gasteiger partial charge in [-0.2, -0.15) is 0 Å². The van der Waals surface area contributed by atoms with Gasteiger partial charge in [-0.15, -0.1) is 0 Å². The maximum atomic E-state index is 12.1.